The van der Waals surface area contributed by atoms with E-state index in [1.54, 1.807) is 18.5 Å². The van der Waals surface area contributed by atoms with Crippen LogP contribution in [-0.2, 0) is 0 Å². The van der Waals surface area contributed by atoms with Crippen molar-refractivity contribution in [2.45, 2.75) is 13.3 Å². The minimum Gasteiger partial charge on any atom is -0.330 e. The molecule has 0 aliphatic heterocycles. The van der Waals surface area contributed by atoms with E-state index in [0.29, 0.717) is 13.1 Å². The van der Waals surface area contributed by atoms with Crippen LogP contribution in [0.15, 0.2) is 36.7 Å². The van der Waals surface area contributed by atoms with Gasteiger partial charge in [-0.05, 0) is 38.1 Å². The maximum absolute atomic E-state index is 13.4. The zero-order valence-electron chi connectivity index (χ0n) is 10.9. The Hall–Kier alpha value is -2.01. The molecule has 2 rings (SSSR count). The highest BCUT2D eigenvalue weighted by atomic mass is 19.1. The summed E-state index contributed by atoms with van der Waals surface area (Å²) >= 11 is 0. The summed E-state index contributed by atoms with van der Waals surface area (Å²) in [6.45, 7) is 3.14. The van der Waals surface area contributed by atoms with Gasteiger partial charge in [0.25, 0.3) is 0 Å². The molecule has 0 amide bonds. The van der Waals surface area contributed by atoms with Gasteiger partial charge in [0.2, 0.25) is 0 Å². The van der Waals surface area contributed by atoms with Crippen molar-refractivity contribution in [1.82, 2.24) is 9.97 Å². The maximum Gasteiger partial charge on any atom is 0.154 e. The first-order chi connectivity index (χ1) is 9.22. The Kier molecular flexibility index (Phi) is 4.41. The molecule has 0 bridgehead atoms. The summed E-state index contributed by atoms with van der Waals surface area (Å²) < 4.78 is 13.4. The number of halogens is 1. The van der Waals surface area contributed by atoms with Crippen LogP contribution >= 0.6 is 0 Å². The van der Waals surface area contributed by atoms with E-state index in [2.05, 4.69) is 9.97 Å². The minimum absolute atomic E-state index is 0.267. The average molecular weight is 260 g/mol. The predicted octanol–water partition coefficient (Wildman–Crippen LogP) is 2.41. The number of nitrogens with zero attached hydrogens (tertiary/aromatic N) is 3. The van der Waals surface area contributed by atoms with Gasteiger partial charge in [0.05, 0.1) is 5.69 Å². The highest BCUT2D eigenvalue weighted by molar-refractivity contribution is 5.61. The zero-order chi connectivity index (χ0) is 13.7. The van der Waals surface area contributed by atoms with Crippen LogP contribution < -0.4 is 10.6 Å². The Balaban J connectivity index is 2.38. The molecule has 0 saturated carbocycles. The van der Waals surface area contributed by atoms with E-state index in [9.17, 15) is 4.39 Å². The van der Waals surface area contributed by atoms with Gasteiger partial charge < -0.3 is 10.6 Å². The Morgan fingerprint density at radius 2 is 2.05 bits per heavy atom. The molecule has 0 aliphatic carbocycles. The van der Waals surface area contributed by atoms with Gasteiger partial charge >= 0.3 is 0 Å². The minimum atomic E-state index is -0.267. The van der Waals surface area contributed by atoms with E-state index >= 15 is 0 Å². The number of aryl methyl sites for hydroxylation is 1. The molecule has 100 valence electrons. The summed E-state index contributed by atoms with van der Waals surface area (Å²) in [7, 11) is 0. The van der Waals surface area contributed by atoms with Crippen molar-refractivity contribution in [3.8, 4) is 0 Å². The molecule has 5 heteroatoms. The molecule has 2 aromatic rings. The third kappa shape index (κ3) is 3.26. The van der Waals surface area contributed by atoms with Gasteiger partial charge in [-0.1, -0.05) is 6.07 Å². The fourth-order valence-electron chi connectivity index (χ4n) is 1.92. The van der Waals surface area contributed by atoms with Crippen molar-refractivity contribution in [2.75, 3.05) is 18.0 Å². The van der Waals surface area contributed by atoms with E-state index in [4.69, 9.17) is 5.73 Å². The Bertz CT molecular complexity index is 544. The maximum atomic E-state index is 13.4. The van der Waals surface area contributed by atoms with Gasteiger partial charge in [-0.15, -0.1) is 0 Å². The molecule has 0 atom stereocenters. The zero-order valence-corrected chi connectivity index (χ0v) is 10.9. The molecule has 0 unspecified atom stereocenters. The average Bonchev–Trinajstić information content (AvgIpc) is 2.41. The fraction of sp³-hybridized carbons (Fsp3) is 0.286. The van der Waals surface area contributed by atoms with Gasteiger partial charge in [-0.2, -0.15) is 0 Å². The summed E-state index contributed by atoms with van der Waals surface area (Å²) in [4.78, 5) is 10.5. The van der Waals surface area contributed by atoms with Crippen molar-refractivity contribution in [1.29, 1.82) is 0 Å². The van der Waals surface area contributed by atoms with Crippen LogP contribution in [0.3, 0.4) is 0 Å². The lowest BCUT2D eigenvalue weighted by molar-refractivity contribution is 0.627. The molecule has 4 nitrogen and oxygen atoms in total. The topological polar surface area (TPSA) is 55.0 Å². The lowest BCUT2D eigenvalue weighted by Crippen LogP contribution is -2.23. The van der Waals surface area contributed by atoms with Crippen molar-refractivity contribution >= 4 is 11.5 Å². The van der Waals surface area contributed by atoms with Crippen LogP contribution in [0.2, 0.25) is 0 Å². The molecule has 1 aromatic heterocycles. The first-order valence-electron chi connectivity index (χ1n) is 6.23. The highest BCUT2D eigenvalue weighted by Gasteiger charge is 2.13. The van der Waals surface area contributed by atoms with Crippen molar-refractivity contribution in [2.24, 2.45) is 5.73 Å². The molecule has 1 aromatic carbocycles. The van der Waals surface area contributed by atoms with Gasteiger partial charge in [0.1, 0.15) is 5.82 Å². The lowest BCUT2D eigenvalue weighted by Gasteiger charge is -2.24. The van der Waals surface area contributed by atoms with Crippen LogP contribution in [-0.4, -0.2) is 23.1 Å². The quantitative estimate of drug-likeness (QED) is 0.897. The standard InChI is InChI=1S/C14H17FN4/c1-11-14(18-8-7-17-11)19(9-3-6-16)13-5-2-4-12(15)10-13/h2,4-5,7-8,10H,3,6,9,16H2,1H3. The largest absolute Gasteiger partial charge is 0.330 e. The molecular formula is C14H17FN4. The second-order valence-electron chi connectivity index (χ2n) is 4.24. The van der Waals surface area contributed by atoms with Gasteiger partial charge in [0, 0.05) is 24.6 Å². The summed E-state index contributed by atoms with van der Waals surface area (Å²) in [6, 6.07) is 6.46. The van der Waals surface area contributed by atoms with E-state index < -0.39 is 0 Å². The number of aromatic nitrogens is 2. The van der Waals surface area contributed by atoms with E-state index in [1.165, 1.54) is 12.1 Å². The number of hydrogen-bond acceptors (Lipinski definition) is 4. The molecular weight excluding hydrogens is 243 g/mol. The second-order valence-corrected chi connectivity index (χ2v) is 4.24. The molecule has 0 spiro atoms. The van der Waals surface area contributed by atoms with Crippen LogP contribution in [0.5, 0.6) is 0 Å². The monoisotopic (exact) mass is 260 g/mol. The molecule has 0 radical (unpaired) electrons. The summed E-state index contributed by atoms with van der Waals surface area (Å²) in [5.74, 6) is 0.471. The van der Waals surface area contributed by atoms with Gasteiger partial charge in [0.15, 0.2) is 5.82 Å². The lowest BCUT2D eigenvalue weighted by atomic mass is 10.2. The number of anilines is 2. The molecule has 19 heavy (non-hydrogen) atoms. The first-order valence-corrected chi connectivity index (χ1v) is 6.23. The smallest absolute Gasteiger partial charge is 0.154 e. The number of rotatable bonds is 5. The second kappa shape index (κ2) is 6.24. The summed E-state index contributed by atoms with van der Waals surface area (Å²) in [5.41, 5.74) is 7.13. The third-order valence-corrected chi connectivity index (χ3v) is 2.82. The number of nitrogens with two attached hydrogens (primary N) is 1. The Labute approximate surface area is 112 Å². The Morgan fingerprint density at radius 3 is 2.74 bits per heavy atom. The Morgan fingerprint density at radius 1 is 1.26 bits per heavy atom. The predicted molar refractivity (Wildman–Crippen MR) is 73.8 cm³/mol. The number of benzene rings is 1. The molecule has 2 N–H and O–H groups in total. The fourth-order valence-corrected chi connectivity index (χ4v) is 1.92. The molecule has 0 aliphatic rings. The molecule has 0 saturated heterocycles. The van der Waals surface area contributed by atoms with E-state index in [0.717, 1.165) is 23.6 Å². The van der Waals surface area contributed by atoms with Crippen molar-refractivity contribution in [3.05, 3.63) is 48.2 Å². The normalized spacial score (nSPS) is 10.5. The van der Waals surface area contributed by atoms with Crippen molar-refractivity contribution in [3.63, 3.8) is 0 Å². The van der Waals surface area contributed by atoms with Gasteiger partial charge in [-0.25, -0.2) is 9.37 Å². The van der Waals surface area contributed by atoms with Crippen LogP contribution in [0, 0.1) is 12.7 Å². The van der Waals surface area contributed by atoms with Gasteiger partial charge in [-0.3, -0.25) is 4.98 Å². The summed E-state index contributed by atoms with van der Waals surface area (Å²) in [5, 5.41) is 0. The highest BCUT2D eigenvalue weighted by Crippen LogP contribution is 2.25. The van der Waals surface area contributed by atoms with Crippen LogP contribution in [0.1, 0.15) is 12.1 Å². The molecule has 1 heterocycles. The third-order valence-electron chi connectivity index (χ3n) is 2.82. The first kappa shape index (κ1) is 13.4. The van der Waals surface area contributed by atoms with E-state index in [1.807, 2.05) is 17.9 Å². The SMILES string of the molecule is Cc1nccnc1N(CCCN)c1cccc(F)c1. The summed E-state index contributed by atoms with van der Waals surface area (Å²) in [6.07, 6.45) is 4.08. The number of hydrogen-bond donors (Lipinski definition) is 1. The van der Waals surface area contributed by atoms with Crippen LogP contribution in [0.25, 0.3) is 0 Å². The van der Waals surface area contributed by atoms with Crippen LogP contribution in [0.4, 0.5) is 15.9 Å². The van der Waals surface area contributed by atoms with Crippen molar-refractivity contribution < 1.29 is 4.39 Å². The van der Waals surface area contributed by atoms with E-state index in [-0.39, 0.29) is 5.82 Å². The molecule has 0 fully saturated rings.